The fourth-order valence-corrected chi connectivity index (χ4v) is 5.21. The molecule has 0 saturated carbocycles. The molecule has 0 rings (SSSR count). The molecule has 0 aromatic heterocycles. The number of hydrogen-bond donors (Lipinski definition) is 8. The monoisotopic (exact) mass is 522 g/mol. The lowest BCUT2D eigenvalue weighted by Crippen LogP contribution is -2.46. The van der Waals surface area contributed by atoms with E-state index in [1.54, 1.807) is 0 Å². The van der Waals surface area contributed by atoms with Crippen molar-refractivity contribution >= 4 is 5.97 Å². The average Bonchev–Trinajstić information content (AvgIpc) is 2.87. The number of aliphatic carboxylic acids is 1. The second-order valence-electron chi connectivity index (χ2n) is 10.4. The maximum Gasteiger partial charge on any atom is 0.310 e. The third-order valence-corrected chi connectivity index (χ3v) is 7.31. The molecular weight excluding hydrogens is 468 g/mol. The Morgan fingerprint density at radius 2 is 0.917 bits per heavy atom. The zero-order chi connectivity index (χ0) is 27.2. The molecule has 0 aliphatic carbocycles. The van der Waals surface area contributed by atoms with Crippen molar-refractivity contribution in [1.82, 2.24) is 0 Å². The summed E-state index contributed by atoms with van der Waals surface area (Å²) in [5.41, 5.74) is -1.65. The van der Waals surface area contributed by atoms with E-state index in [2.05, 4.69) is 0 Å². The van der Waals surface area contributed by atoms with E-state index in [-0.39, 0.29) is 25.9 Å². The van der Waals surface area contributed by atoms with E-state index in [4.69, 9.17) is 5.11 Å². The van der Waals surface area contributed by atoms with Crippen LogP contribution in [0.4, 0.5) is 0 Å². The molecule has 36 heavy (non-hydrogen) atoms. The molecule has 0 aromatic rings. The normalized spacial score (nSPS) is 16.9. The maximum atomic E-state index is 12.4. The van der Waals surface area contributed by atoms with E-state index in [1.807, 2.05) is 0 Å². The fourth-order valence-electron chi connectivity index (χ4n) is 5.21. The largest absolute Gasteiger partial charge is 0.481 e. The second-order valence-corrected chi connectivity index (χ2v) is 10.4. The summed E-state index contributed by atoms with van der Waals surface area (Å²) in [5, 5.41) is 77.2. The topological polar surface area (TPSA) is 179 Å². The maximum absolute atomic E-state index is 12.4. The molecule has 0 amide bonds. The van der Waals surface area contributed by atoms with Gasteiger partial charge in [0.2, 0.25) is 0 Å². The second kappa shape index (κ2) is 22.2. The Morgan fingerprint density at radius 3 is 1.25 bits per heavy atom. The zero-order valence-corrected chi connectivity index (χ0v) is 22.1. The van der Waals surface area contributed by atoms with Crippen molar-refractivity contribution in [2.45, 2.75) is 127 Å². The van der Waals surface area contributed by atoms with Gasteiger partial charge in [-0.1, -0.05) is 77.0 Å². The van der Waals surface area contributed by atoms with Crippen LogP contribution in [0.15, 0.2) is 0 Å². The van der Waals surface area contributed by atoms with Crippen LogP contribution in [0.3, 0.4) is 0 Å². The Morgan fingerprint density at radius 1 is 0.556 bits per heavy atom. The molecule has 4 atom stereocenters. The van der Waals surface area contributed by atoms with Gasteiger partial charge in [0.1, 0.15) is 0 Å². The lowest BCUT2D eigenvalue weighted by Gasteiger charge is -2.40. The molecule has 0 spiro atoms. The predicted octanol–water partition coefficient (Wildman–Crippen LogP) is 2.36. The van der Waals surface area contributed by atoms with Crippen molar-refractivity contribution in [3.8, 4) is 0 Å². The van der Waals surface area contributed by atoms with E-state index in [9.17, 15) is 40.5 Å². The smallest absolute Gasteiger partial charge is 0.310 e. The first-order chi connectivity index (χ1) is 17.3. The minimum atomic E-state index is -1.65. The van der Waals surface area contributed by atoms with Gasteiger partial charge in [-0.3, -0.25) is 4.79 Å². The lowest BCUT2D eigenvalue weighted by atomic mass is 9.64. The van der Waals surface area contributed by atoms with Crippen LogP contribution in [0.2, 0.25) is 0 Å². The zero-order valence-electron chi connectivity index (χ0n) is 22.1. The van der Waals surface area contributed by atoms with E-state index < -0.39 is 55.4 Å². The predicted molar refractivity (Wildman–Crippen MR) is 138 cm³/mol. The molecule has 0 aliphatic rings. The van der Waals surface area contributed by atoms with Gasteiger partial charge in [-0.05, 0) is 38.0 Å². The van der Waals surface area contributed by atoms with Crippen LogP contribution >= 0.6 is 0 Å². The SMILES string of the molecule is O=C(O)C(CC(O)CO)(CC(O)CO)C(CCCCCCCCCCCCCCCO)CC(O)CO. The Bertz CT molecular complexity index is 505. The van der Waals surface area contributed by atoms with Crippen LogP contribution in [0.25, 0.3) is 0 Å². The minimum Gasteiger partial charge on any atom is -0.481 e. The highest BCUT2D eigenvalue weighted by Crippen LogP contribution is 2.43. The van der Waals surface area contributed by atoms with Gasteiger partial charge >= 0.3 is 5.97 Å². The molecule has 4 unspecified atom stereocenters. The molecule has 9 nitrogen and oxygen atoms in total. The number of carboxylic acid groups (broad SMARTS) is 1. The number of aliphatic hydroxyl groups is 7. The van der Waals surface area contributed by atoms with E-state index in [1.165, 1.54) is 38.5 Å². The molecule has 0 heterocycles. The Hall–Kier alpha value is -0.810. The first kappa shape index (κ1) is 35.2. The highest BCUT2D eigenvalue weighted by Gasteiger charge is 2.48. The molecule has 9 heteroatoms. The van der Waals surface area contributed by atoms with Crippen molar-refractivity contribution in [2.75, 3.05) is 26.4 Å². The average molecular weight is 523 g/mol. The lowest BCUT2D eigenvalue weighted by molar-refractivity contribution is -0.161. The van der Waals surface area contributed by atoms with Gasteiger partial charge < -0.3 is 40.9 Å². The van der Waals surface area contributed by atoms with Crippen LogP contribution < -0.4 is 0 Å². The quantitative estimate of drug-likeness (QED) is 0.0791. The van der Waals surface area contributed by atoms with Crippen molar-refractivity contribution in [3.05, 3.63) is 0 Å². The number of carboxylic acids is 1. The number of carbonyl (C=O) groups is 1. The number of unbranched alkanes of at least 4 members (excludes halogenated alkanes) is 12. The summed E-state index contributed by atoms with van der Waals surface area (Å²) in [6.45, 7) is -1.52. The summed E-state index contributed by atoms with van der Waals surface area (Å²) in [6, 6.07) is 0. The van der Waals surface area contributed by atoms with Crippen molar-refractivity contribution in [2.24, 2.45) is 11.3 Å². The van der Waals surface area contributed by atoms with E-state index in [0.717, 1.165) is 38.5 Å². The van der Waals surface area contributed by atoms with E-state index >= 15 is 0 Å². The van der Waals surface area contributed by atoms with Gasteiger partial charge in [0.25, 0.3) is 0 Å². The molecule has 0 aliphatic heterocycles. The van der Waals surface area contributed by atoms with Gasteiger partial charge in [-0.25, -0.2) is 0 Å². The Labute approximate surface area is 217 Å². The van der Waals surface area contributed by atoms with Crippen LogP contribution in [0.5, 0.6) is 0 Å². The van der Waals surface area contributed by atoms with E-state index in [0.29, 0.717) is 12.8 Å². The van der Waals surface area contributed by atoms with Gasteiger partial charge in [0.05, 0.1) is 43.5 Å². The van der Waals surface area contributed by atoms with Crippen molar-refractivity contribution < 1.29 is 45.6 Å². The number of hydrogen-bond acceptors (Lipinski definition) is 8. The molecular formula is C27H54O9. The van der Waals surface area contributed by atoms with Gasteiger partial charge in [-0.15, -0.1) is 0 Å². The molecule has 8 N–H and O–H groups in total. The van der Waals surface area contributed by atoms with Crippen molar-refractivity contribution in [1.29, 1.82) is 0 Å². The summed E-state index contributed by atoms with van der Waals surface area (Å²) in [5.74, 6) is -1.91. The highest BCUT2D eigenvalue weighted by atomic mass is 16.4. The first-order valence-corrected chi connectivity index (χ1v) is 14.0. The standard InChI is InChI=1S/C27H54O9/c28-15-13-11-9-7-5-3-1-2-4-6-8-10-12-14-22(16-23(32)19-29)27(26(35)36,17-24(33)20-30)18-25(34)21-31/h22-25,28-34H,1-21H2,(H,35,36). The molecule has 0 bridgehead atoms. The Balaban J connectivity index is 4.70. The van der Waals surface area contributed by atoms with Crippen LogP contribution in [-0.4, -0.2) is 91.6 Å². The summed E-state index contributed by atoms with van der Waals surface area (Å²) < 4.78 is 0. The highest BCUT2D eigenvalue weighted by molar-refractivity contribution is 5.75. The molecule has 0 saturated heterocycles. The van der Waals surface area contributed by atoms with Crippen LogP contribution in [0.1, 0.15) is 109 Å². The summed E-state index contributed by atoms with van der Waals surface area (Å²) in [6.07, 6.45) is 10.2. The number of aliphatic hydroxyl groups excluding tert-OH is 7. The van der Waals surface area contributed by atoms with Crippen LogP contribution in [0, 0.1) is 11.3 Å². The van der Waals surface area contributed by atoms with Crippen molar-refractivity contribution in [3.63, 3.8) is 0 Å². The van der Waals surface area contributed by atoms with Gasteiger partial charge in [0, 0.05) is 6.61 Å². The van der Waals surface area contributed by atoms with Gasteiger partial charge in [-0.2, -0.15) is 0 Å². The Kier molecular flexibility index (Phi) is 21.7. The summed E-state index contributed by atoms with van der Waals surface area (Å²) >= 11 is 0. The first-order valence-electron chi connectivity index (χ1n) is 14.0. The number of rotatable bonds is 26. The molecule has 0 radical (unpaired) electrons. The summed E-state index contributed by atoms with van der Waals surface area (Å²) in [7, 11) is 0. The molecule has 0 fully saturated rings. The fraction of sp³-hybridized carbons (Fsp3) is 0.963. The summed E-state index contributed by atoms with van der Waals surface area (Å²) in [4.78, 5) is 12.4. The third-order valence-electron chi connectivity index (χ3n) is 7.31. The molecule has 216 valence electrons. The minimum absolute atomic E-state index is 0.0148. The third kappa shape index (κ3) is 15.4. The van der Waals surface area contributed by atoms with Crippen LogP contribution in [-0.2, 0) is 4.79 Å². The molecule has 0 aromatic carbocycles. The van der Waals surface area contributed by atoms with Gasteiger partial charge in [0.15, 0.2) is 0 Å².